The zero-order chi connectivity index (χ0) is 15.8. The summed E-state index contributed by atoms with van der Waals surface area (Å²) in [6, 6.07) is 8.58. The fourth-order valence-corrected chi connectivity index (χ4v) is 1.75. The van der Waals surface area contributed by atoms with Crippen molar-refractivity contribution in [1.29, 1.82) is 0 Å². The molecule has 1 aromatic rings. The van der Waals surface area contributed by atoms with E-state index in [1.807, 2.05) is 49.3 Å². The number of nitrogens with two attached hydrogens (primary N) is 1. The zero-order valence-electron chi connectivity index (χ0n) is 12.4. The second-order valence-corrected chi connectivity index (χ2v) is 5.00. The molecule has 0 fully saturated rings. The second-order valence-electron chi connectivity index (χ2n) is 5.00. The van der Waals surface area contributed by atoms with Gasteiger partial charge in [0.1, 0.15) is 6.10 Å². The molecule has 0 heterocycles. The number of carbonyl (C=O) groups excluding carboxylic acids is 2. The van der Waals surface area contributed by atoms with Crippen molar-refractivity contribution < 1.29 is 14.7 Å². The Balaban J connectivity index is 2.55. The maximum absolute atomic E-state index is 12.0. The van der Waals surface area contributed by atoms with Crippen molar-refractivity contribution in [3.05, 3.63) is 42.3 Å². The first-order valence-corrected chi connectivity index (χ1v) is 6.72. The SMILES string of the molecule is CN(C)CCN(C(N)=O)C(=O)[C@@H](O)[CH]Cc1ccccc1. The average molecular weight is 292 g/mol. The van der Waals surface area contributed by atoms with Gasteiger partial charge in [-0.3, -0.25) is 9.69 Å². The predicted molar refractivity (Wildman–Crippen MR) is 80.3 cm³/mol. The van der Waals surface area contributed by atoms with Gasteiger partial charge in [-0.1, -0.05) is 30.3 Å². The van der Waals surface area contributed by atoms with E-state index in [1.165, 1.54) is 6.42 Å². The van der Waals surface area contributed by atoms with Gasteiger partial charge in [0, 0.05) is 19.5 Å². The molecule has 1 aromatic carbocycles. The van der Waals surface area contributed by atoms with E-state index in [-0.39, 0.29) is 6.54 Å². The number of imide groups is 1. The van der Waals surface area contributed by atoms with E-state index in [1.54, 1.807) is 0 Å². The predicted octanol–water partition coefficient (Wildman–Crippen LogP) is 0.263. The molecule has 0 saturated heterocycles. The molecular weight excluding hydrogens is 270 g/mol. The van der Waals surface area contributed by atoms with Crippen molar-refractivity contribution in [2.45, 2.75) is 12.5 Å². The maximum atomic E-state index is 12.0. The van der Waals surface area contributed by atoms with Crippen LogP contribution in [0, 0.1) is 6.42 Å². The molecule has 3 amide bonds. The van der Waals surface area contributed by atoms with Crippen LogP contribution >= 0.6 is 0 Å². The molecule has 0 aromatic heterocycles. The summed E-state index contributed by atoms with van der Waals surface area (Å²) in [5.74, 6) is -0.694. The third-order valence-corrected chi connectivity index (χ3v) is 2.98. The van der Waals surface area contributed by atoms with Crippen molar-refractivity contribution >= 4 is 11.9 Å². The van der Waals surface area contributed by atoms with Crippen molar-refractivity contribution in [3.8, 4) is 0 Å². The molecule has 1 rings (SSSR count). The molecule has 0 saturated carbocycles. The number of hydrogen-bond acceptors (Lipinski definition) is 4. The molecule has 3 N–H and O–H groups in total. The molecule has 0 aliphatic carbocycles. The Hall–Kier alpha value is -1.92. The minimum atomic E-state index is -1.35. The molecule has 0 aliphatic heterocycles. The number of amides is 3. The van der Waals surface area contributed by atoms with E-state index in [9.17, 15) is 14.7 Å². The van der Waals surface area contributed by atoms with Gasteiger partial charge in [0.05, 0.1) is 0 Å². The first-order valence-electron chi connectivity index (χ1n) is 6.72. The van der Waals surface area contributed by atoms with Gasteiger partial charge in [-0.2, -0.15) is 0 Å². The summed E-state index contributed by atoms with van der Waals surface area (Å²) >= 11 is 0. The Morgan fingerprint density at radius 3 is 2.38 bits per heavy atom. The van der Waals surface area contributed by atoms with Crippen molar-refractivity contribution in [2.24, 2.45) is 5.73 Å². The highest BCUT2D eigenvalue weighted by molar-refractivity contribution is 5.96. The van der Waals surface area contributed by atoms with Crippen molar-refractivity contribution in [2.75, 3.05) is 27.2 Å². The zero-order valence-corrected chi connectivity index (χ0v) is 12.4. The Morgan fingerprint density at radius 2 is 1.86 bits per heavy atom. The number of aliphatic hydroxyl groups is 1. The van der Waals surface area contributed by atoms with Crippen LogP contribution in [-0.4, -0.2) is 60.1 Å². The fourth-order valence-electron chi connectivity index (χ4n) is 1.75. The summed E-state index contributed by atoms with van der Waals surface area (Å²) in [5, 5.41) is 9.90. The summed E-state index contributed by atoms with van der Waals surface area (Å²) in [6.45, 7) is 0.636. The number of aliphatic hydroxyl groups excluding tert-OH is 1. The summed E-state index contributed by atoms with van der Waals surface area (Å²) < 4.78 is 0. The van der Waals surface area contributed by atoms with Gasteiger partial charge in [-0.25, -0.2) is 4.79 Å². The summed E-state index contributed by atoms with van der Waals surface area (Å²) in [6.07, 6.45) is 0.553. The number of likely N-dealkylation sites (N-methyl/N-ethyl adjacent to an activating group) is 1. The molecular formula is C15H22N3O3. The van der Waals surface area contributed by atoms with Crippen LogP contribution < -0.4 is 5.73 Å². The lowest BCUT2D eigenvalue weighted by Gasteiger charge is -2.23. The quantitative estimate of drug-likeness (QED) is 0.755. The average Bonchev–Trinajstić information content (AvgIpc) is 2.45. The number of primary amides is 1. The van der Waals surface area contributed by atoms with E-state index >= 15 is 0 Å². The van der Waals surface area contributed by atoms with E-state index < -0.39 is 18.0 Å². The number of rotatable bonds is 7. The fraction of sp³-hybridized carbons (Fsp3) is 0.400. The van der Waals surface area contributed by atoms with E-state index in [0.29, 0.717) is 13.0 Å². The lowest BCUT2D eigenvalue weighted by molar-refractivity contribution is -0.135. The molecule has 0 unspecified atom stereocenters. The molecule has 1 atom stereocenters. The van der Waals surface area contributed by atoms with Crippen LogP contribution in [0.2, 0.25) is 0 Å². The number of hydrogen-bond donors (Lipinski definition) is 2. The number of carbonyl (C=O) groups is 2. The highest BCUT2D eigenvalue weighted by Gasteiger charge is 2.25. The lowest BCUT2D eigenvalue weighted by atomic mass is 10.1. The van der Waals surface area contributed by atoms with Crippen molar-refractivity contribution in [1.82, 2.24) is 9.80 Å². The Kier molecular flexibility index (Phi) is 6.84. The summed E-state index contributed by atoms with van der Waals surface area (Å²) in [5.41, 5.74) is 6.17. The van der Waals surface area contributed by atoms with Crippen LogP contribution in [-0.2, 0) is 11.2 Å². The summed E-state index contributed by atoms with van der Waals surface area (Å²) in [7, 11) is 3.64. The van der Waals surface area contributed by atoms with Gasteiger partial charge in [-0.05, 0) is 26.1 Å². The maximum Gasteiger partial charge on any atom is 0.321 e. The van der Waals surface area contributed by atoms with Gasteiger partial charge in [0.25, 0.3) is 5.91 Å². The molecule has 21 heavy (non-hydrogen) atoms. The lowest BCUT2D eigenvalue weighted by Crippen LogP contribution is -2.48. The summed E-state index contributed by atoms with van der Waals surface area (Å²) in [4.78, 5) is 26.0. The van der Waals surface area contributed by atoms with E-state index in [4.69, 9.17) is 5.73 Å². The van der Waals surface area contributed by atoms with E-state index in [0.717, 1.165) is 10.5 Å². The van der Waals surface area contributed by atoms with Gasteiger partial charge >= 0.3 is 6.03 Å². The number of benzene rings is 1. The molecule has 0 aliphatic rings. The standard InChI is InChI=1S/C15H22N3O3/c1-17(2)10-11-18(15(16)21)14(20)13(19)9-8-12-6-4-3-5-7-12/h3-7,9,13,19H,8,10-11H2,1-2H3,(H2,16,21)/t13-/m0/s1. The molecule has 6 nitrogen and oxygen atoms in total. The first-order chi connectivity index (χ1) is 9.91. The third-order valence-electron chi connectivity index (χ3n) is 2.98. The second kappa shape index (κ2) is 8.39. The number of urea groups is 1. The van der Waals surface area contributed by atoms with Crippen molar-refractivity contribution in [3.63, 3.8) is 0 Å². The van der Waals surface area contributed by atoms with Gasteiger partial charge in [0.15, 0.2) is 0 Å². The van der Waals surface area contributed by atoms with E-state index in [2.05, 4.69) is 0 Å². The van der Waals surface area contributed by atoms with Crippen LogP contribution in [0.3, 0.4) is 0 Å². The minimum Gasteiger partial charge on any atom is -0.383 e. The van der Waals surface area contributed by atoms with Crippen LogP contribution in [0.25, 0.3) is 0 Å². The largest absolute Gasteiger partial charge is 0.383 e. The number of nitrogens with zero attached hydrogens (tertiary/aromatic N) is 2. The Morgan fingerprint density at radius 1 is 1.24 bits per heavy atom. The Bertz CT molecular complexity index is 462. The van der Waals surface area contributed by atoms with Crippen LogP contribution in [0.4, 0.5) is 4.79 Å². The monoisotopic (exact) mass is 292 g/mol. The normalized spacial score (nSPS) is 12.2. The molecule has 1 radical (unpaired) electrons. The third kappa shape index (κ3) is 5.93. The Labute approximate surface area is 125 Å². The molecule has 115 valence electrons. The molecule has 0 bridgehead atoms. The van der Waals surface area contributed by atoms with Crippen LogP contribution in [0.1, 0.15) is 5.56 Å². The molecule has 6 heteroatoms. The van der Waals surface area contributed by atoms with Crippen LogP contribution in [0.5, 0.6) is 0 Å². The van der Waals surface area contributed by atoms with Crippen LogP contribution in [0.15, 0.2) is 30.3 Å². The van der Waals surface area contributed by atoms with Gasteiger partial charge in [-0.15, -0.1) is 0 Å². The smallest absolute Gasteiger partial charge is 0.321 e. The molecule has 0 spiro atoms. The minimum absolute atomic E-state index is 0.150. The van der Waals surface area contributed by atoms with Gasteiger partial charge in [0.2, 0.25) is 0 Å². The van der Waals surface area contributed by atoms with Gasteiger partial charge < -0.3 is 15.7 Å². The highest BCUT2D eigenvalue weighted by atomic mass is 16.3. The highest BCUT2D eigenvalue weighted by Crippen LogP contribution is 2.06. The first kappa shape index (κ1) is 17.1. The topological polar surface area (TPSA) is 86.9 Å².